The normalized spacial score (nSPS) is 10.4. The van der Waals surface area contributed by atoms with Gasteiger partial charge in [0.15, 0.2) is 0 Å². The Hall–Kier alpha value is -2.86. The predicted octanol–water partition coefficient (Wildman–Crippen LogP) is 5.48. The van der Waals surface area contributed by atoms with Crippen molar-refractivity contribution in [2.45, 2.75) is 13.2 Å². The van der Waals surface area contributed by atoms with Crippen LogP contribution in [0.4, 0.5) is 10.1 Å². The van der Waals surface area contributed by atoms with Crippen LogP contribution >= 0.6 is 15.9 Å². The topological polar surface area (TPSA) is 58.6 Å². The number of nitrogens with one attached hydrogen (secondary N) is 1. The number of rotatable bonds is 7. The average molecular weight is 430 g/mol. The van der Waals surface area contributed by atoms with Gasteiger partial charge in [0.05, 0.1) is 5.56 Å². The standard InChI is InChI=1S/C21H17BrFNO3/c22-17-9-16(21(25)26)10-19(11-17)24-12-14-3-7-20(8-4-14)27-13-15-1-5-18(23)6-2-15/h1-11,24H,12-13H2,(H,25,26). The summed E-state index contributed by atoms with van der Waals surface area (Å²) in [4.78, 5) is 11.1. The SMILES string of the molecule is O=C(O)c1cc(Br)cc(NCc2ccc(OCc3ccc(F)cc3)cc2)c1. The van der Waals surface area contributed by atoms with E-state index in [-0.39, 0.29) is 11.4 Å². The minimum absolute atomic E-state index is 0.219. The third kappa shape index (κ3) is 5.56. The van der Waals surface area contributed by atoms with Gasteiger partial charge in [-0.1, -0.05) is 40.2 Å². The van der Waals surface area contributed by atoms with Gasteiger partial charge < -0.3 is 15.2 Å². The van der Waals surface area contributed by atoms with Gasteiger partial charge in [-0.05, 0) is 53.6 Å². The second kappa shape index (κ2) is 8.68. The molecule has 0 fully saturated rings. The molecule has 138 valence electrons. The van der Waals surface area contributed by atoms with Crippen LogP contribution in [0.2, 0.25) is 0 Å². The van der Waals surface area contributed by atoms with Gasteiger partial charge in [-0.3, -0.25) is 0 Å². The number of hydrogen-bond acceptors (Lipinski definition) is 3. The Morgan fingerprint density at radius 3 is 2.33 bits per heavy atom. The van der Waals surface area contributed by atoms with E-state index in [1.165, 1.54) is 12.1 Å². The molecule has 0 unspecified atom stereocenters. The summed E-state index contributed by atoms with van der Waals surface area (Å²) in [5, 5.41) is 12.3. The molecule has 0 atom stereocenters. The quantitative estimate of drug-likeness (QED) is 0.522. The molecule has 0 aromatic heterocycles. The maximum Gasteiger partial charge on any atom is 0.335 e. The fourth-order valence-electron chi connectivity index (χ4n) is 2.47. The molecule has 0 amide bonds. The summed E-state index contributed by atoms with van der Waals surface area (Å²) in [6.45, 7) is 0.918. The Kier molecular flexibility index (Phi) is 6.08. The summed E-state index contributed by atoms with van der Waals surface area (Å²) in [7, 11) is 0. The summed E-state index contributed by atoms with van der Waals surface area (Å²) in [6.07, 6.45) is 0. The van der Waals surface area contributed by atoms with Gasteiger partial charge in [0.2, 0.25) is 0 Å². The summed E-state index contributed by atoms with van der Waals surface area (Å²) in [5.74, 6) is -0.516. The number of halogens is 2. The number of benzene rings is 3. The summed E-state index contributed by atoms with van der Waals surface area (Å²) >= 11 is 3.32. The number of ether oxygens (including phenoxy) is 1. The van der Waals surface area contributed by atoms with Gasteiger partial charge in [0.1, 0.15) is 18.2 Å². The molecule has 0 saturated carbocycles. The fraction of sp³-hybridized carbons (Fsp3) is 0.0952. The molecule has 4 nitrogen and oxygen atoms in total. The Bertz CT molecular complexity index is 927. The lowest BCUT2D eigenvalue weighted by atomic mass is 10.2. The van der Waals surface area contributed by atoms with Crippen molar-refractivity contribution in [1.29, 1.82) is 0 Å². The zero-order valence-corrected chi connectivity index (χ0v) is 15.9. The van der Waals surface area contributed by atoms with Gasteiger partial charge in [-0.15, -0.1) is 0 Å². The Morgan fingerprint density at radius 1 is 1.00 bits per heavy atom. The smallest absolute Gasteiger partial charge is 0.335 e. The van der Waals surface area contributed by atoms with Gasteiger partial charge in [0.25, 0.3) is 0 Å². The highest BCUT2D eigenvalue weighted by Gasteiger charge is 2.06. The van der Waals surface area contributed by atoms with Crippen LogP contribution in [-0.2, 0) is 13.2 Å². The largest absolute Gasteiger partial charge is 0.489 e. The molecule has 0 aliphatic carbocycles. The molecule has 3 rings (SSSR count). The summed E-state index contributed by atoms with van der Waals surface area (Å²) in [5.41, 5.74) is 2.86. The first-order valence-electron chi connectivity index (χ1n) is 8.23. The number of aromatic carboxylic acids is 1. The van der Waals surface area contributed by atoms with Crippen molar-refractivity contribution >= 4 is 27.6 Å². The van der Waals surface area contributed by atoms with E-state index in [1.54, 1.807) is 24.3 Å². The predicted molar refractivity (Wildman–Crippen MR) is 106 cm³/mol. The molecule has 0 aliphatic heterocycles. The summed E-state index contributed by atoms with van der Waals surface area (Å²) in [6, 6.07) is 18.8. The zero-order valence-electron chi connectivity index (χ0n) is 14.3. The van der Waals surface area contributed by atoms with E-state index in [9.17, 15) is 9.18 Å². The Morgan fingerprint density at radius 2 is 1.67 bits per heavy atom. The van der Waals surface area contributed by atoms with Crippen LogP contribution in [0.5, 0.6) is 5.75 Å². The molecular formula is C21H17BrFNO3. The first-order chi connectivity index (χ1) is 13.0. The van der Waals surface area contributed by atoms with Crippen molar-refractivity contribution in [2.75, 3.05) is 5.32 Å². The molecule has 27 heavy (non-hydrogen) atoms. The van der Waals surface area contributed by atoms with E-state index in [4.69, 9.17) is 9.84 Å². The molecule has 0 heterocycles. The number of hydrogen-bond donors (Lipinski definition) is 2. The number of carboxylic acids is 1. The van der Waals surface area contributed by atoms with Gasteiger partial charge in [0, 0.05) is 16.7 Å². The lowest BCUT2D eigenvalue weighted by molar-refractivity contribution is 0.0697. The summed E-state index contributed by atoms with van der Waals surface area (Å²) < 4.78 is 19.3. The second-order valence-electron chi connectivity index (χ2n) is 5.95. The number of anilines is 1. The molecule has 6 heteroatoms. The highest BCUT2D eigenvalue weighted by Crippen LogP contribution is 2.21. The molecule has 0 aliphatic rings. The number of carbonyl (C=O) groups is 1. The first kappa shape index (κ1) is 18.9. The fourth-order valence-corrected chi connectivity index (χ4v) is 2.96. The van der Waals surface area contributed by atoms with Crippen LogP contribution in [0, 0.1) is 5.82 Å². The van der Waals surface area contributed by atoms with Crippen molar-refractivity contribution in [3.63, 3.8) is 0 Å². The molecule has 0 saturated heterocycles. The monoisotopic (exact) mass is 429 g/mol. The van der Waals surface area contributed by atoms with E-state index in [1.807, 2.05) is 30.3 Å². The van der Waals surface area contributed by atoms with Crippen molar-refractivity contribution in [3.8, 4) is 5.75 Å². The van der Waals surface area contributed by atoms with Gasteiger partial charge in [-0.2, -0.15) is 0 Å². The van der Waals surface area contributed by atoms with E-state index in [2.05, 4.69) is 21.2 Å². The molecular weight excluding hydrogens is 413 g/mol. The van der Waals surface area contributed by atoms with E-state index < -0.39 is 5.97 Å². The maximum atomic E-state index is 12.9. The highest BCUT2D eigenvalue weighted by molar-refractivity contribution is 9.10. The van der Waals surface area contributed by atoms with Crippen molar-refractivity contribution in [2.24, 2.45) is 0 Å². The van der Waals surface area contributed by atoms with Crippen LogP contribution in [-0.4, -0.2) is 11.1 Å². The lowest BCUT2D eigenvalue weighted by Gasteiger charge is -2.10. The van der Waals surface area contributed by atoms with Gasteiger partial charge >= 0.3 is 5.97 Å². The van der Waals surface area contributed by atoms with Crippen LogP contribution in [0.1, 0.15) is 21.5 Å². The van der Waals surface area contributed by atoms with Crippen LogP contribution in [0.25, 0.3) is 0 Å². The third-order valence-corrected chi connectivity index (χ3v) is 4.34. The molecule has 3 aromatic carbocycles. The van der Waals surface area contributed by atoms with Gasteiger partial charge in [-0.25, -0.2) is 9.18 Å². The first-order valence-corrected chi connectivity index (χ1v) is 9.03. The molecule has 2 N–H and O–H groups in total. The van der Waals surface area contributed by atoms with E-state index in [0.29, 0.717) is 17.6 Å². The highest BCUT2D eigenvalue weighted by atomic mass is 79.9. The van der Waals surface area contributed by atoms with Crippen LogP contribution in [0.15, 0.2) is 71.2 Å². The molecule has 0 spiro atoms. The minimum atomic E-state index is -0.970. The third-order valence-electron chi connectivity index (χ3n) is 3.88. The van der Waals surface area contributed by atoms with Crippen molar-refractivity contribution in [3.05, 3.63) is 93.7 Å². The average Bonchev–Trinajstić information content (AvgIpc) is 2.66. The Labute approximate surface area is 164 Å². The number of carboxylic acid groups (broad SMARTS) is 1. The van der Waals surface area contributed by atoms with Crippen LogP contribution < -0.4 is 10.1 Å². The lowest BCUT2D eigenvalue weighted by Crippen LogP contribution is -2.02. The molecule has 3 aromatic rings. The molecule has 0 radical (unpaired) electrons. The van der Waals surface area contributed by atoms with Crippen molar-refractivity contribution in [1.82, 2.24) is 0 Å². The van der Waals surface area contributed by atoms with E-state index >= 15 is 0 Å². The second-order valence-corrected chi connectivity index (χ2v) is 6.86. The van der Waals surface area contributed by atoms with Crippen LogP contribution in [0.3, 0.4) is 0 Å². The maximum absolute atomic E-state index is 12.9. The van der Waals surface area contributed by atoms with Crippen molar-refractivity contribution < 1.29 is 19.0 Å². The van der Waals surface area contributed by atoms with E-state index in [0.717, 1.165) is 22.6 Å². The Balaban J connectivity index is 1.56. The molecule has 0 bridgehead atoms. The minimum Gasteiger partial charge on any atom is -0.489 e. The zero-order chi connectivity index (χ0) is 19.2.